The van der Waals surface area contributed by atoms with E-state index >= 15 is 0 Å². The first-order chi connectivity index (χ1) is 7.95. The van der Waals surface area contributed by atoms with Gasteiger partial charge in [0, 0.05) is 12.1 Å². The predicted octanol–water partition coefficient (Wildman–Crippen LogP) is 1.87. The maximum absolute atomic E-state index is 10.8. The first-order valence-electron chi connectivity index (χ1n) is 4.56. The molecule has 0 unspecified atom stereocenters. The molecule has 1 rings (SSSR count). The number of aryl methyl sites for hydroxylation is 1. The minimum atomic E-state index is -1.21. The van der Waals surface area contributed by atoms with Gasteiger partial charge in [-0.25, -0.2) is 4.79 Å². The molecule has 0 bridgehead atoms. The van der Waals surface area contributed by atoms with Crippen molar-refractivity contribution in [2.75, 3.05) is 0 Å². The summed E-state index contributed by atoms with van der Waals surface area (Å²) >= 11 is 0. The lowest BCUT2D eigenvalue weighted by atomic mass is 10.0. The molecule has 1 N–H and O–H groups in total. The summed E-state index contributed by atoms with van der Waals surface area (Å²) in [7, 11) is 0. The van der Waals surface area contributed by atoms with Crippen molar-refractivity contribution in [1.29, 1.82) is 5.26 Å². The molecule has 6 nitrogen and oxygen atoms in total. The number of rotatable bonds is 3. The number of hydrogen-bond acceptors (Lipinski definition) is 4. The number of benzene rings is 1. The Morgan fingerprint density at radius 2 is 2.24 bits per heavy atom. The zero-order valence-electron chi connectivity index (χ0n) is 8.88. The van der Waals surface area contributed by atoms with Crippen LogP contribution >= 0.6 is 0 Å². The fourth-order valence-electron chi connectivity index (χ4n) is 1.28. The van der Waals surface area contributed by atoms with Crippen LogP contribution in [0.2, 0.25) is 0 Å². The molecule has 1 aromatic rings. The molecule has 86 valence electrons. The number of aliphatic carboxylic acids is 1. The monoisotopic (exact) mass is 232 g/mol. The van der Waals surface area contributed by atoms with Crippen molar-refractivity contribution in [2.24, 2.45) is 0 Å². The van der Waals surface area contributed by atoms with E-state index < -0.39 is 10.9 Å². The van der Waals surface area contributed by atoms with Crippen molar-refractivity contribution in [1.82, 2.24) is 0 Å². The third-order valence-electron chi connectivity index (χ3n) is 2.10. The van der Waals surface area contributed by atoms with Gasteiger partial charge in [-0.15, -0.1) is 0 Å². The van der Waals surface area contributed by atoms with Gasteiger partial charge in [-0.05, 0) is 24.6 Å². The highest BCUT2D eigenvalue weighted by Crippen LogP contribution is 2.24. The quantitative estimate of drug-likeness (QED) is 0.486. The Morgan fingerprint density at radius 3 is 2.71 bits per heavy atom. The molecule has 0 radical (unpaired) electrons. The van der Waals surface area contributed by atoms with Gasteiger partial charge < -0.3 is 5.11 Å². The van der Waals surface area contributed by atoms with E-state index in [0.29, 0.717) is 5.56 Å². The van der Waals surface area contributed by atoms with Gasteiger partial charge in [-0.3, -0.25) is 10.1 Å². The van der Waals surface area contributed by atoms with Crippen LogP contribution in [0.4, 0.5) is 5.69 Å². The second-order valence-electron chi connectivity index (χ2n) is 3.27. The van der Waals surface area contributed by atoms with Crippen LogP contribution < -0.4 is 0 Å². The summed E-state index contributed by atoms with van der Waals surface area (Å²) in [5.74, 6) is -1.21. The summed E-state index contributed by atoms with van der Waals surface area (Å²) in [6.07, 6.45) is 1.89. The number of carboxylic acid groups (broad SMARTS) is 1. The Labute approximate surface area is 96.6 Å². The maximum Gasteiger partial charge on any atom is 0.328 e. The van der Waals surface area contributed by atoms with E-state index in [0.717, 1.165) is 12.2 Å². The fourth-order valence-corrected chi connectivity index (χ4v) is 1.28. The first kappa shape index (κ1) is 12.4. The Kier molecular flexibility index (Phi) is 3.57. The highest BCUT2D eigenvalue weighted by molar-refractivity contribution is 5.86. The summed E-state index contributed by atoms with van der Waals surface area (Å²) in [6, 6.07) is 4.43. The number of carboxylic acids is 1. The molecule has 0 aliphatic carbocycles. The zero-order chi connectivity index (χ0) is 13.0. The smallest absolute Gasteiger partial charge is 0.328 e. The lowest BCUT2D eigenvalue weighted by Crippen LogP contribution is -1.95. The Morgan fingerprint density at radius 1 is 1.59 bits per heavy atom. The Hall–Kier alpha value is -2.68. The summed E-state index contributed by atoms with van der Waals surface area (Å²) < 4.78 is 0. The minimum Gasteiger partial charge on any atom is -0.478 e. The normalized spacial score (nSPS) is 10.1. The van der Waals surface area contributed by atoms with Crippen LogP contribution in [-0.2, 0) is 4.79 Å². The van der Waals surface area contributed by atoms with Gasteiger partial charge in [-0.1, -0.05) is 0 Å². The lowest BCUT2D eigenvalue weighted by molar-refractivity contribution is -0.385. The molecule has 0 aliphatic rings. The number of nitro groups is 1. The largest absolute Gasteiger partial charge is 0.478 e. The summed E-state index contributed by atoms with van der Waals surface area (Å²) in [4.78, 5) is 20.5. The van der Waals surface area contributed by atoms with Crippen LogP contribution in [0.5, 0.6) is 0 Å². The van der Waals surface area contributed by atoms with Crippen LogP contribution in [0.3, 0.4) is 0 Å². The zero-order valence-corrected chi connectivity index (χ0v) is 8.88. The Bertz CT molecular complexity index is 555. The SMILES string of the molecule is Cc1cc([N+](=O)[O-])c(/C=C/C(=O)O)cc1C#N. The van der Waals surface area contributed by atoms with Crippen LogP contribution in [-0.4, -0.2) is 16.0 Å². The number of hydrogen-bond donors (Lipinski definition) is 1. The molecule has 0 spiro atoms. The average Bonchev–Trinajstić information content (AvgIpc) is 2.26. The van der Waals surface area contributed by atoms with E-state index in [1.165, 1.54) is 12.1 Å². The molecule has 6 heteroatoms. The molecule has 0 saturated heterocycles. The van der Waals surface area contributed by atoms with Crippen molar-refractivity contribution in [3.05, 3.63) is 45.0 Å². The highest BCUT2D eigenvalue weighted by Gasteiger charge is 2.14. The second-order valence-corrected chi connectivity index (χ2v) is 3.27. The van der Waals surface area contributed by atoms with E-state index in [1.54, 1.807) is 6.92 Å². The number of carbonyl (C=O) groups is 1. The first-order valence-corrected chi connectivity index (χ1v) is 4.56. The second kappa shape index (κ2) is 4.90. The predicted molar refractivity (Wildman–Crippen MR) is 59.2 cm³/mol. The topological polar surface area (TPSA) is 104 Å². The van der Waals surface area contributed by atoms with Gasteiger partial charge in [-0.2, -0.15) is 5.26 Å². The maximum atomic E-state index is 10.8. The summed E-state index contributed by atoms with van der Waals surface area (Å²) in [5.41, 5.74) is 0.630. The number of nitro benzene ring substituents is 1. The van der Waals surface area contributed by atoms with E-state index in [-0.39, 0.29) is 16.8 Å². The molecular formula is C11H8N2O4. The van der Waals surface area contributed by atoms with Crippen LogP contribution in [0.15, 0.2) is 18.2 Å². The Balaban J connectivity index is 3.40. The molecule has 0 fully saturated rings. The van der Waals surface area contributed by atoms with Crippen molar-refractivity contribution >= 4 is 17.7 Å². The minimum absolute atomic E-state index is 0.0968. The fraction of sp³-hybridized carbons (Fsp3) is 0.0909. The molecule has 0 amide bonds. The third-order valence-corrected chi connectivity index (χ3v) is 2.10. The van der Waals surface area contributed by atoms with Gasteiger partial charge in [0.25, 0.3) is 5.69 Å². The molecular weight excluding hydrogens is 224 g/mol. The van der Waals surface area contributed by atoms with E-state index in [2.05, 4.69) is 0 Å². The highest BCUT2D eigenvalue weighted by atomic mass is 16.6. The van der Waals surface area contributed by atoms with E-state index in [4.69, 9.17) is 10.4 Å². The number of nitrogens with zero attached hydrogens (tertiary/aromatic N) is 2. The average molecular weight is 232 g/mol. The third kappa shape index (κ3) is 2.89. The molecule has 1 aromatic carbocycles. The van der Waals surface area contributed by atoms with Crippen molar-refractivity contribution in [2.45, 2.75) is 6.92 Å². The van der Waals surface area contributed by atoms with E-state index in [9.17, 15) is 14.9 Å². The summed E-state index contributed by atoms with van der Waals surface area (Å²) in [5, 5.41) is 28.0. The molecule has 0 atom stereocenters. The van der Waals surface area contributed by atoms with Gasteiger partial charge >= 0.3 is 5.97 Å². The van der Waals surface area contributed by atoms with Crippen LogP contribution in [0.25, 0.3) is 6.08 Å². The van der Waals surface area contributed by atoms with Crippen LogP contribution in [0.1, 0.15) is 16.7 Å². The van der Waals surface area contributed by atoms with E-state index in [1.807, 2.05) is 6.07 Å². The van der Waals surface area contributed by atoms with Gasteiger partial charge in [0.1, 0.15) is 0 Å². The van der Waals surface area contributed by atoms with Crippen molar-refractivity contribution < 1.29 is 14.8 Å². The molecule has 0 saturated carbocycles. The standard InChI is InChI=1S/C11H8N2O4/c1-7-4-10(13(16)17)8(2-3-11(14)15)5-9(7)6-12/h2-5H,1H3,(H,14,15)/b3-2+. The van der Waals surface area contributed by atoms with Crippen molar-refractivity contribution in [3.63, 3.8) is 0 Å². The van der Waals surface area contributed by atoms with Gasteiger partial charge in [0.05, 0.1) is 22.1 Å². The molecule has 17 heavy (non-hydrogen) atoms. The lowest BCUT2D eigenvalue weighted by Gasteiger charge is -2.01. The molecule has 0 aliphatic heterocycles. The van der Waals surface area contributed by atoms with Crippen LogP contribution in [0, 0.1) is 28.4 Å². The molecule has 0 heterocycles. The summed E-state index contributed by atoms with van der Waals surface area (Å²) in [6.45, 7) is 1.58. The van der Waals surface area contributed by atoms with Gasteiger partial charge in [0.15, 0.2) is 0 Å². The van der Waals surface area contributed by atoms with Crippen molar-refractivity contribution in [3.8, 4) is 6.07 Å². The molecule has 0 aromatic heterocycles. The van der Waals surface area contributed by atoms with Gasteiger partial charge in [0.2, 0.25) is 0 Å². The number of nitriles is 1.